The van der Waals surface area contributed by atoms with E-state index < -0.39 is 0 Å². The number of rotatable bonds is 4. The van der Waals surface area contributed by atoms with E-state index in [2.05, 4.69) is 48.0 Å². The number of nitrogens with one attached hydrogen (secondary N) is 1. The predicted octanol–water partition coefficient (Wildman–Crippen LogP) is 0.695. The number of nitrogens with zero attached hydrogens (tertiary/aromatic N) is 3. The number of hydrogen-bond donors (Lipinski definition) is 1. The maximum Gasteiger partial charge on any atom is 0.0347 e. The van der Waals surface area contributed by atoms with Crippen LogP contribution in [-0.4, -0.2) is 86.2 Å². The minimum Gasteiger partial charge on any atom is -0.311 e. The van der Waals surface area contributed by atoms with E-state index in [0.29, 0.717) is 18.1 Å². The fraction of sp³-hybridized carbons (Fsp3) is 1.00. The van der Waals surface area contributed by atoms with E-state index in [-0.39, 0.29) is 0 Å². The van der Waals surface area contributed by atoms with Gasteiger partial charge in [-0.25, -0.2) is 0 Å². The van der Waals surface area contributed by atoms with E-state index in [9.17, 15) is 0 Å². The molecule has 4 heteroatoms. The first-order valence-electron chi connectivity index (χ1n) is 7.96. The van der Waals surface area contributed by atoms with Crippen molar-refractivity contribution < 1.29 is 0 Å². The summed E-state index contributed by atoms with van der Waals surface area (Å²) >= 11 is 0. The smallest absolute Gasteiger partial charge is 0.0347 e. The summed E-state index contributed by atoms with van der Waals surface area (Å²) in [4.78, 5) is 7.72. The van der Waals surface area contributed by atoms with Gasteiger partial charge < -0.3 is 10.2 Å². The lowest BCUT2D eigenvalue weighted by atomic mass is 10.0. The van der Waals surface area contributed by atoms with Gasteiger partial charge in [-0.1, -0.05) is 13.3 Å². The molecular weight excluding hydrogens is 236 g/mol. The maximum absolute atomic E-state index is 3.69. The Morgan fingerprint density at radius 1 is 1.16 bits per heavy atom. The van der Waals surface area contributed by atoms with Crippen LogP contribution >= 0.6 is 0 Å². The van der Waals surface area contributed by atoms with Crippen molar-refractivity contribution in [2.75, 3.05) is 53.4 Å². The summed E-state index contributed by atoms with van der Waals surface area (Å²) in [5.41, 5.74) is 0. The Morgan fingerprint density at radius 2 is 1.95 bits per heavy atom. The molecule has 0 saturated carbocycles. The molecule has 0 amide bonds. The third-order valence-corrected chi connectivity index (χ3v) is 4.84. The van der Waals surface area contributed by atoms with Gasteiger partial charge in [0.15, 0.2) is 0 Å². The average molecular weight is 268 g/mol. The van der Waals surface area contributed by atoms with Crippen LogP contribution in [0.2, 0.25) is 0 Å². The zero-order valence-corrected chi connectivity index (χ0v) is 13.2. The van der Waals surface area contributed by atoms with Crippen LogP contribution < -0.4 is 5.32 Å². The second kappa shape index (κ2) is 7.02. The molecule has 2 heterocycles. The lowest BCUT2D eigenvalue weighted by Crippen LogP contribution is -2.61. The van der Waals surface area contributed by atoms with Crippen LogP contribution in [0.5, 0.6) is 0 Å². The van der Waals surface area contributed by atoms with Gasteiger partial charge in [-0.2, -0.15) is 0 Å². The molecule has 2 aliphatic heterocycles. The first-order valence-corrected chi connectivity index (χ1v) is 7.96. The normalized spacial score (nSPS) is 35.7. The molecule has 4 nitrogen and oxygen atoms in total. The first kappa shape index (κ1) is 15.2. The van der Waals surface area contributed by atoms with Crippen molar-refractivity contribution in [3.63, 3.8) is 0 Å². The van der Waals surface area contributed by atoms with Crippen LogP contribution in [0.3, 0.4) is 0 Å². The fourth-order valence-corrected chi connectivity index (χ4v) is 3.36. The number of hydrogen-bond acceptors (Lipinski definition) is 4. The van der Waals surface area contributed by atoms with Gasteiger partial charge in [0.05, 0.1) is 0 Å². The Labute approximate surface area is 119 Å². The molecule has 0 aromatic carbocycles. The van der Waals surface area contributed by atoms with Crippen LogP contribution in [-0.2, 0) is 0 Å². The van der Waals surface area contributed by atoms with E-state index in [0.717, 1.165) is 6.54 Å². The van der Waals surface area contributed by atoms with Crippen molar-refractivity contribution in [1.29, 1.82) is 0 Å². The molecule has 2 aliphatic rings. The Bertz CT molecular complexity index is 271. The highest BCUT2D eigenvalue weighted by Gasteiger charge is 2.29. The third-order valence-electron chi connectivity index (χ3n) is 4.84. The predicted molar refractivity (Wildman–Crippen MR) is 81.6 cm³/mol. The largest absolute Gasteiger partial charge is 0.311 e. The first-order chi connectivity index (χ1) is 9.10. The van der Waals surface area contributed by atoms with Crippen molar-refractivity contribution in [2.24, 2.45) is 0 Å². The summed E-state index contributed by atoms with van der Waals surface area (Å²) < 4.78 is 0. The van der Waals surface area contributed by atoms with E-state index in [4.69, 9.17) is 0 Å². The standard InChI is InChI=1S/C15H32N4/c1-5-6-14-10-19(13(2)9-16-14)12-15-11-17(3)7-8-18(15)4/h13-16H,5-12H2,1-4H3. The van der Waals surface area contributed by atoms with Gasteiger partial charge in [-0.05, 0) is 27.4 Å². The van der Waals surface area contributed by atoms with E-state index in [1.54, 1.807) is 0 Å². The van der Waals surface area contributed by atoms with E-state index in [1.165, 1.54) is 45.6 Å². The second-order valence-electron chi connectivity index (χ2n) is 6.59. The van der Waals surface area contributed by atoms with E-state index in [1.807, 2.05) is 0 Å². The highest BCUT2D eigenvalue weighted by molar-refractivity contribution is 4.88. The van der Waals surface area contributed by atoms with Crippen molar-refractivity contribution in [2.45, 2.75) is 44.8 Å². The molecule has 0 aliphatic carbocycles. The molecule has 0 aromatic rings. The van der Waals surface area contributed by atoms with Crippen LogP contribution in [0.4, 0.5) is 0 Å². The summed E-state index contributed by atoms with van der Waals surface area (Å²) in [6.45, 7) is 11.9. The molecule has 3 unspecified atom stereocenters. The molecule has 19 heavy (non-hydrogen) atoms. The van der Waals surface area contributed by atoms with Crippen LogP contribution in [0.15, 0.2) is 0 Å². The van der Waals surface area contributed by atoms with Crippen LogP contribution in [0.25, 0.3) is 0 Å². The molecule has 0 bridgehead atoms. The Balaban J connectivity index is 1.88. The third kappa shape index (κ3) is 4.15. The monoisotopic (exact) mass is 268 g/mol. The molecule has 1 N–H and O–H groups in total. The highest BCUT2D eigenvalue weighted by atomic mass is 15.3. The van der Waals surface area contributed by atoms with Gasteiger partial charge in [0.2, 0.25) is 0 Å². The molecule has 0 radical (unpaired) electrons. The van der Waals surface area contributed by atoms with Crippen LogP contribution in [0.1, 0.15) is 26.7 Å². The highest BCUT2D eigenvalue weighted by Crippen LogP contribution is 2.14. The molecule has 112 valence electrons. The SMILES string of the molecule is CCCC1CN(CC2CN(C)CCN2C)C(C)CN1. The number of piperazine rings is 2. The molecule has 0 spiro atoms. The van der Waals surface area contributed by atoms with Crippen molar-refractivity contribution in [3.8, 4) is 0 Å². The van der Waals surface area contributed by atoms with Gasteiger partial charge in [0, 0.05) is 57.4 Å². The lowest BCUT2D eigenvalue weighted by Gasteiger charge is -2.44. The Morgan fingerprint density at radius 3 is 2.68 bits per heavy atom. The van der Waals surface area contributed by atoms with Gasteiger partial charge in [0.25, 0.3) is 0 Å². The minimum absolute atomic E-state index is 0.675. The quantitative estimate of drug-likeness (QED) is 0.810. The van der Waals surface area contributed by atoms with Gasteiger partial charge >= 0.3 is 0 Å². The summed E-state index contributed by atoms with van der Waals surface area (Å²) in [5.74, 6) is 0. The molecular formula is C15H32N4. The zero-order chi connectivity index (χ0) is 13.8. The Hall–Kier alpha value is -0.160. The summed E-state index contributed by atoms with van der Waals surface area (Å²) in [5, 5.41) is 3.69. The minimum atomic E-state index is 0.675. The van der Waals surface area contributed by atoms with Crippen LogP contribution in [0, 0.1) is 0 Å². The second-order valence-corrected chi connectivity index (χ2v) is 6.59. The van der Waals surface area contributed by atoms with Crippen molar-refractivity contribution in [3.05, 3.63) is 0 Å². The molecule has 0 aromatic heterocycles. The zero-order valence-electron chi connectivity index (χ0n) is 13.2. The molecule has 3 atom stereocenters. The van der Waals surface area contributed by atoms with Gasteiger partial charge in [-0.15, -0.1) is 0 Å². The summed E-state index contributed by atoms with van der Waals surface area (Å²) in [6.07, 6.45) is 2.59. The average Bonchev–Trinajstić information content (AvgIpc) is 2.38. The topological polar surface area (TPSA) is 21.8 Å². The number of likely N-dealkylation sites (N-methyl/N-ethyl adjacent to an activating group) is 2. The van der Waals surface area contributed by atoms with Gasteiger partial charge in [0.1, 0.15) is 0 Å². The van der Waals surface area contributed by atoms with Crippen molar-refractivity contribution >= 4 is 0 Å². The maximum atomic E-state index is 3.69. The summed E-state index contributed by atoms with van der Waals surface area (Å²) in [7, 11) is 4.54. The molecule has 2 fully saturated rings. The van der Waals surface area contributed by atoms with E-state index >= 15 is 0 Å². The molecule has 2 saturated heterocycles. The molecule has 2 rings (SSSR count). The summed E-state index contributed by atoms with van der Waals surface area (Å²) in [6, 6.07) is 2.07. The van der Waals surface area contributed by atoms with Crippen molar-refractivity contribution in [1.82, 2.24) is 20.0 Å². The fourth-order valence-electron chi connectivity index (χ4n) is 3.36. The Kier molecular flexibility index (Phi) is 5.63. The lowest BCUT2D eigenvalue weighted by molar-refractivity contribution is 0.0527. The van der Waals surface area contributed by atoms with Gasteiger partial charge in [-0.3, -0.25) is 9.80 Å².